The molecule has 28 heavy (non-hydrogen) atoms. The van der Waals surface area contributed by atoms with E-state index in [1.165, 1.54) is 11.1 Å². The molecule has 0 unspecified atom stereocenters. The molecule has 0 spiro atoms. The first kappa shape index (κ1) is 16.9. The van der Waals surface area contributed by atoms with Crippen molar-refractivity contribution in [2.45, 2.75) is 18.4 Å². The Morgan fingerprint density at radius 3 is 2.64 bits per heavy atom. The predicted molar refractivity (Wildman–Crippen MR) is 108 cm³/mol. The van der Waals surface area contributed by atoms with Gasteiger partial charge in [0.25, 0.3) is 0 Å². The first-order chi connectivity index (χ1) is 13.7. The van der Waals surface area contributed by atoms with Crippen LogP contribution < -0.4 is 10.1 Å². The fraction of sp³-hybridized carbons (Fsp3) is 0.208. The number of hydrogen-bond acceptors (Lipinski definition) is 3. The van der Waals surface area contributed by atoms with Gasteiger partial charge in [-0.05, 0) is 52.8 Å². The van der Waals surface area contributed by atoms with E-state index in [9.17, 15) is 9.90 Å². The van der Waals surface area contributed by atoms with Crippen LogP contribution >= 0.6 is 0 Å². The zero-order valence-corrected chi connectivity index (χ0v) is 15.6. The number of carboxylic acids is 1. The van der Waals surface area contributed by atoms with E-state index in [2.05, 4.69) is 41.7 Å². The number of ether oxygens (including phenoxy) is 1. The number of carbonyl (C=O) groups is 1. The van der Waals surface area contributed by atoms with E-state index < -0.39 is 5.97 Å². The van der Waals surface area contributed by atoms with Gasteiger partial charge in [0, 0.05) is 5.92 Å². The maximum atomic E-state index is 11.9. The van der Waals surface area contributed by atoms with Crippen molar-refractivity contribution in [2.75, 3.05) is 12.4 Å². The Kier molecular flexibility index (Phi) is 3.86. The van der Waals surface area contributed by atoms with Crippen molar-refractivity contribution in [2.24, 2.45) is 5.92 Å². The van der Waals surface area contributed by atoms with E-state index in [0.717, 1.165) is 29.0 Å². The van der Waals surface area contributed by atoms with Gasteiger partial charge in [-0.1, -0.05) is 48.5 Å². The third-order valence-corrected chi connectivity index (χ3v) is 6.12. The smallest absolute Gasteiger partial charge is 0.337 e. The summed E-state index contributed by atoms with van der Waals surface area (Å²) in [6.45, 7) is 0. The van der Waals surface area contributed by atoms with Gasteiger partial charge in [-0.3, -0.25) is 0 Å². The van der Waals surface area contributed by atoms with E-state index >= 15 is 0 Å². The monoisotopic (exact) mass is 371 g/mol. The standard InChI is InChI=1S/C24H21NO3/c1-28-16-8-4-7-15(12-16)22-20-13-14-6-2-3-9-17(14)21(20)18-10-5-11-19(24(26)27)23(18)25-22/h2-12,20-22,25H,13H2,1H3,(H,26,27)/t20-,21-,22-/m0/s1. The van der Waals surface area contributed by atoms with Crippen molar-refractivity contribution in [3.8, 4) is 5.75 Å². The van der Waals surface area contributed by atoms with Crippen molar-refractivity contribution in [3.05, 3.63) is 94.5 Å². The molecule has 0 saturated heterocycles. The minimum Gasteiger partial charge on any atom is -0.497 e. The fourth-order valence-electron chi connectivity index (χ4n) is 4.93. The van der Waals surface area contributed by atoms with Crippen LogP contribution in [0.1, 0.15) is 44.6 Å². The van der Waals surface area contributed by atoms with Crippen LogP contribution in [0.4, 0.5) is 5.69 Å². The van der Waals surface area contributed by atoms with Crippen LogP contribution in [-0.2, 0) is 6.42 Å². The number of anilines is 1. The lowest BCUT2D eigenvalue weighted by Crippen LogP contribution is -2.31. The highest BCUT2D eigenvalue weighted by Crippen LogP contribution is 2.54. The number of carboxylic acid groups (broad SMARTS) is 1. The lowest BCUT2D eigenvalue weighted by molar-refractivity contribution is 0.0697. The summed E-state index contributed by atoms with van der Waals surface area (Å²) in [5, 5.41) is 13.3. The summed E-state index contributed by atoms with van der Waals surface area (Å²) in [5.74, 6) is 0.408. The number of methoxy groups -OCH3 is 1. The minimum absolute atomic E-state index is 0.0144. The normalized spacial score (nSPS) is 21.8. The summed E-state index contributed by atoms with van der Waals surface area (Å²) in [7, 11) is 1.67. The first-order valence-corrected chi connectivity index (χ1v) is 9.52. The zero-order chi connectivity index (χ0) is 19.3. The molecular weight excluding hydrogens is 350 g/mol. The molecule has 0 bridgehead atoms. The summed E-state index contributed by atoms with van der Waals surface area (Å²) in [4.78, 5) is 11.9. The van der Waals surface area contributed by atoms with Crippen molar-refractivity contribution in [1.29, 1.82) is 0 Å². The molecule has 0 amide bonds. The summed E-state index contributed by atoms with van der Waals surface area (Å²) >= 11 is 0. The van der Waals surface area contributed by atoms with Gasteiger partial charge in [-0.15, -0.1) is 0 Å². The molecule has 0 aromatic heterocycles. The molecule has 3 atom stereocenters. The largest absolute Gasteiger partial charge is 0.497 e. The number of benzene rings is 3. The lowest BCUT2D eigenvalue weighted by atomic mass is 9.75. The summed E-state index contributed by atoms with van der Waals surface area (Å²) in [5.41, 5.74) is 5.92. The topological polar surface area (TPSA) is 58.6 Å². The second-order valence-electron chi connectivity index (χ2n) is 7.52. The molecule has 1 heterocycles. The summed E-state index contributed by atoms with van der Waals surface area (Å²) < 4.78 is 5.43. The quantitative estimate of drug-likeness (QED) is 0.690. The van der Waals surface area contributed by atoms with E-state index in [0.29, 0.717) is 11.5 Å². The summed E-state index contributed by atoms with van der Waals surface area (Å²) in [6.07, 6.45) is 0.965. The van der Waals surface area contributed by atoms with Gasteiger partial charge in [-0.2, -0.15) is 0 Å². The first-order valence-electron chi connectivity index (χ1n) is 9.52. The fourth-order valence-corrected chi connectivity index (χ4v) is 4.93. The Hall–Kier alpha value is -3.27. The summed E-state index contributed by atoms with van der Waals surface area (Å²) in [6, 6.07) is 22.2. The second kappa shape index (κ2) is 6.41. The molecule has 3 aromatic carbocycles. The molecule has 3 aromatic rings. The molecule has 2 N–H and O–H groups in total. The number of rotatable bonds is 3. The molecule has 4 nitrogen and oxygen atoms in total. The molecule has 1 aliphatic carbocycles. The van der Waals surface area contributed by atoms with Crippen LogP contribution in [0.15, 0.2) is 66.7 Å². The molecule has 140 valence electrons. The Bertz CT molecular complexity index is 1070. The third-order valence-electron chi connectivity index (χ3n) is 6.12. The van der Waals surface area contributed by atoms with Gasteiger partial charge in [0.15, 0.2) is 0 Å². The van der Waals surface area contributed by atoms with E-state index in [1.54, 1.807) is 13.2 Å². The number of fused-ring (bicyclic) bond motifs is 5. The van der Waals surface area contributed by atoms with Crippen LogP contribution in [-0.4, -0.2) is 18.2 Å². The minimum atomic E-state index is -0.904. The van der Waals surface area contributed by atoms with E-state index in [4.69, 9.17) is 4.74 Å². The van der Waals surface area contributed by atoms with Crippen molar-refractivity contribution >= 4 is 11.7 Å². The number of para-hydroxylation sites is 1. The Balaban J connectivity index is 1.71. The highest BCUT2D eigenvalue weighted by Gasteiger charge is 2.44. The van der Waals surface area contributed by atoms with Gasteiger partial charge in [0.2, 0.25) is 0 Å². The zero-order valence-electron chi connectivity index (χ0n) is 15.6. The Morgan fingerprint density at radius 1 is 1.04 bits per heavy atom. The van der Waals surface area contributed by atoms with Crippen molar-refractivity contribution < 1.29 is 14.6 Å². The van der Waals surface area contributed by atoms with Crippen molar-refractivity contribution in [3.63, 3.8) is 0 Å². The van der Waals surface area contributed by atoms with Crippen LogP contribution in [0.5, 0.6) is 5.75 Å². The van der Waals surface area contributed by atoms with Gasteiger partial charge < -0.3 is 15.2 Å². The molecule has 5 rings (SSSR count). The molecular formula is C24H21NO3. The average Bonchev–Trinajstić information content (AvgIpc) is 3.12. The van der Waals surface area contributed by atoms with Crippen LogP contribution in [0.2, 0.25) is 0 Å². The number of nitrogens with one attached hydrogen (secondary N) is 1. The van der Waals surface area contributed by atoms with E-state index in [-0.39, 0.29) is 12.0 Å². The molecule has 4 heteroatoms. The van der Waals surface area contributed by atoms with Gasteiger partial charge in [0.05, 0.1) is 24.4 Å². The molecule has 0 radical (unpaired) electrons. The van der Waals surface area contributed by atoms with E-state index in [1.807, 2.05) is 24.3 Å². The number of hydrogen-bond donors (Lipinski definition) is 2. The lowest BCUT2D eigenvalue weighted by Gasteiger charge is -2.38. The van der Waals surface area contributed by atoms with Crippen LogP contribution in [0.25, 0.3) is 0 Å². The molecule has 0 saturated carbocycles. The van der Waals surface area contributed by atoms with Crippen molar-refractivity contribution in [1.82, 2.24) is 0 Å². The van der Waals surface area contributed by atoms with Crippen LogP contribution in [0.3, 0.4) is 0 Å². The Morgan fingerprint density at radius 2 is 1.82 bits per heavy atom. The average molecular weight is 371 g/mol. The van der Waals surface area contributed by atoms with Gasteiger partial charge >= 0.3 is 5.97 Å². The predicted octanol–water partition coefficient (Wildman–Crippen LogP) is 4.86. The van der Waals surface area contributed by atoms with Crippen LogP contribution in [0, 0.1) is 5.92 Å². The SMILES string of the molecule is COc1cccc([C@@H]2Nc3c(C(=O)O)cccc3[C@@H]3c4ccccc4C[C@@H]32)c1. The number of aromatic carboxylic acids is 1. The third kappa shape index (κ3) is 2.48. The maximum absolute atomic E-state index is 11.9. The second-order valence-corrected chi connectivity index (χ2v) is 7.52. The highest BCUT2D eigenvalue weighted by molar-refractivity contribution is 5.96. The Labute approximate surface area is 163 Å². The maximum Gasteiger partial charge on any atom is 0.337 e. The highest BCUT2D eigenvalue weighted by atomic mass is 16.5. The molecule has 2 aliphatic rings. The molecule has 1 aliphatic heterocycles. The molecule has 0 fully saturated rings. The van der Waals surface area contributed by atoms with Gasteiger partial charge in [-0.25, -0.2) is 4.79 Å². The van der Waals surface area contributed by atoms with Gasteiger partial charge in [0.1, 0.15) is 5.75 Å².